The van der Waals surface area contributed by atoms with Gasteiger partial charge in [-0.3, -0.25) is 9.67 Å². The number of benzene rings is 1. The van der Waals surface area contributed by atoms with Crippen molar-refractivity contribution in [3.63, 3.8) is 0 Å². The molecule has 0 saturated carbocycles. The minimum absolute atomic E-state index is 0.939. The van der Waals surface area contributed by atoms with Crippen LogP contribution in [0.15, 0.2) is 48.7 Å². The standard InChI is InChI=1S/C27H35N5/c1-22-25-21-31(24-12-14-28-26(20-24)23-10-4-2-5-11-23)19-13-27(25)32(29-22)18-7-3-6-15-30-16-8-9-17-30/h2,4-5,10-12,14,20H,3,6-9,13,15-19,21H2,1H3. The first-order chi connectivity index (χ1) is 15.8. The van der Waals surface area contributed by atoms with Gasteiger partial charge in [0.05, 0.1) is 11.4 Å². The SMILES string of the molecule is Cc1nn(CCCCCN2CCCC2)c2c1CN(c1ccnc(-c3ccccc3)c1)CC2. The number of anilines is 1. The van der Waals surface area contributed by atoms with Crippen LogP contribution >= 0.6 is 0 Å². The minimum Gasteiger partial charge on any atom is -0.367 e. The highest BCUT2D eigenvalue weighted by Gasteiger charge is 2.23. The van der Waals surface area contributed by atoms with Gasteiger partial charge >= 0.3 is 0 Å². The summed E-state index contributed by atoms with van der Waals surface area (Å²) >= 11 is 0. The molecule has 1 fully saturated rings. The number of rotatable bonds is 8. The molecule has 32 heavy (non-hydrogen) atoms. The summed E-state index contributed by atoms with van der Waals surface area (Å²) < 4.78 is 2.31. The molecule has 2 aliphatic heterocycles. The van der Waals surface area contributed by atoms with Crippen LogP contribution in [-0.4, -0.2) is 45.8 Å². The van der Waals surface area contributed by atoms with Crippen molar-refractivity contribution in [1.82, 2.24) is 19.7 Å². The molecule has 5 nitrogen and oxygen atoms in total. The Labute approximate surface area is 192 Å². The van der Waals surface area contributed by atoms with Crippen LogP contribution in [-0.2, 0) is 19.5 Å². The summed E-state index contributed by atoms with van der Waals surface area (Å²) in [5, 5.41) is 4.93. The molecule has 0 amide bonds. The highest BCUT2D eigenvalue weighted by Crippen LogP contribution is 2.29. The Morgan fingerprint density at radius 3 is 2.56 bits per heavy atom. The first-order valence-corrected chi connectivity index (χ1v) is 12.3. The number of hydrogen-bond donors (Lipinski definition) is 0. The maximum atomic E-state index is 4.93. The molecule has 0 unspecified atom stereocenters. The van der Waals surface area contributed by atoms with Crippen molar-refractivity contribution in [3.05, 3.63) is 65.6 Å². The zero-order valence-corrected chi connectivity index (χ0v) is 19.3. The number of pyridine rings is 1. The van der Waals surface area contributed by atoms with E-state index >= 15 is 0 Å². The lowest BCUT2D eigenvalue weighted by atomic mass is 10.0. The molecule has 3 aromatic rings. The molecule has 1 saturated heterocycles. The van der Waals surface area contributed by atoms with Crippen molar-refractivity contribution in [2.45, 2.75) is 58.5 Å². The molecule has 5 rings (SSSR count). The monoisotopic (exact) mass is 429 g/mol. The topological polar surface area (TPSA) is 37.2 Å². The van der Waals surface area contributed by atoms with Gasteiger partial charge in [0.25, 0.3) is 0 Å². The summed E-state index contributed by atoms with van der Waals surface area (Å²) in [4.78, 5) is 9.70. The number of hydrogen-bond acceptors (Lipinski definition) is 4. The van der Waals surface area contributed by atoms with Crippen molar-refractivity contribution in [2.75, 3.05) is 31.1 Å². The molecule has 0 bridgehead atoms. The average molecular weight is 430 g/mol. The number of aromatic nitrogens is 3. The van der Waals surface area contributed by atoms with Gasteiger partial charge in [-0.1, -0.05) is 36.8 Å². The van der Waals surface area contributed by atoms with Crippen LogP contribution in [0, 0.1) is 6.92 Å². The second kappa shape index (κ2) is 9.86. The third-order valence-corrected chi connectivity index (χ3v) is 7.06. The molecule has 2 aromatic heterocycles. The van der Waals surface area contributed by atoms with Crippen molar-refractivity contribution >= 4 is 5.69 Å². The highest BCUT2D eigenvalue weighted by molar-refractivity contribution is 5.64. The smallest absolute Gasteiger partial charge is 0.0722 e. The molecule has 2 aliphatic rings. The minimum atomic E-state index is 0.939. The van der Waals surface area contributed by atoms with E-state index in [-0.39, 0.29) is 0 Å². The maximum absolute atomic E-state index is 4.93. The van der Waals surface area contributed by atoms with Gasteiger partial charge in [-0.05, 0) is 64.4 Å². The second-order valence-corrected chi connectivity index (χ2v) is 9.28. The number of likely N-dealkylation sites (tertiary alicyclic amines) is 1. The van der Waals surface area contributed by atoms with Crippen molar-refractivity contribution in [3.8, 4) is 11.3 Å². The largest absolute Gasteiger partial charge is 0.367 e. The summed E-state index contributed by atoms with van der Waals surface area (Å²) in [5.41, 5.74) is 7.52. The zero-order chi connectivity index (χ0) is 21.8. The first-order valence-electron chi connectivity index (χ1n) is 12.3. The molecule has 4 heterocycles. The number of unbranched alkanes of at least 4 members (excludes halogenated alkanes) is 2. The van der Waals surface area contributed by atoms with Crippen molar-refractivity contribution < 1.29 is 0 Å². The van der Waals surface area contributed by atoms with E-state index in [9.17, 15) is 0 Å². The van der Waals surface area contributed by atoms with E-state index in [1.165, 1.54) is 79.9 Å². The molecule has 168 valence electrons. The fourth-order valence-corrected chi connectivity index (χ4v) is 5.23. The lowest BCUT2D eigenvalue weighted by Crippen LogP contribution is -2.31. The summed E-state index contributed by atoms with van der Waals surface area (Å²) in [6.07, 6.45) is 9.64. The van der Waals surface area contributed by atoms with Gasteiger partial charge in [0, 0.05) is 54.8 Å². The van der Waals surface area contributed by atoms with E-state index in [2.05, 4.69) is 62.8 Å². The van der Waals surface area contributed by atoms with Gasteiger partial charge in [0.1, 0.15) is 0 Å². The van der Waals surface area contributed by atoms with Crippen molar-refractivity contribution in [2.24, 2.45) is 0 Å². The van der Waals surface area contributed by atoms with E-state index in [0.29, 0.717) is 0 Å². The van der Waals surface area contributed by atoms with Gasteiger partial charge in [-0.25, -0.2) is 0 Å². The molecule has 1 aromatic carbocycles. The predicted molar refractivity (Wildman–Crippen MR) is 131 cm³/mol. The lowest BCUT2D eigenvalue weighted by Gasteiger charge is -2.30. The molecule has 0 radical (unpaired) electrons. The van der Waals surface area contributed by atoms with E-state index in [1.54, 1.807) is 0 Å². The Kier molecular flexibility index (Phi) is 6.54. The average Bonchev–Trinajstić information content (AvgIpc) is 3.47. The first kappa shape index (κ1) is 21.2. The van der Waals surface area contributed by atoms with Gasteiger partial charge in [0.2, 0.25) is 0 Å². The fraction of sp³-hybridized carbons (Fsp3) is 0.481. The van der Waals surface area contributed by atoms with Gasteiger partial charge in [-0.15, -0.1) is 0 Å². The predicted octanol–water partition coefficient (Wildman–Crippen LogP) is 5.08. The van der Waals surface area contributed by atoms with Crippen LogP contribution in [0.1, 0.15) is 49.1 Å². The Hall–Kier alpha value is -2.66. The van der Waals surface area contributed by atoms with E-state index in [0.717, 1.165) is 31.7 Å². The van der Waals surface area contributed by atoms with Crippen LogP contribution < -0.4 is 4.90 Å². The summed E-state index contributed by atoms with van der Waals surface area (Å²) in [6, 6.07) is 14.8. The van der Waals surface area contributed by atoms with Gasteiger partial charge in [-0.2, -0.15) is 5.10 Å². The second-order valence-electron chi connectivity index (χ2n) is 9.28. The highest BCUT2D eigenvalue weighted by atomic mass is 15.3. The Morgan fingerprint density at radius 1 is 0.906 bits per heavy atom. The van der Waals surface area contributed by atoms with Crippen LogP contribution in [0.2, 0.25) is 0 Å². The Bertz CT molecular complexity index is 1020. The molecule has 5 heteroatoms. The fourth-order valence-electron chi connectivity index (χ4n) is 5.23. The zero-order valence-electron chi connectivity index (χ0n) is 19.3. The number of fused-ring (bicyclic) bond motifs is 1. The maximum Gasteiger partial charge on any atom is 0.0722 e. The molecular formula is C27H35N5. The van der Waals surface area contributed by atoms with Crippen LogP contribution in [0.4, 0.5) is 5.69 Å². The summed E-state index contributed by atoms with van der Waals surface area (Å²) in [7, 11) is 0. The normalized spacial score (nSPS) is 16.5. The molecular weight excluding hydrogens is 394 g/mol. The number of aryl methyl sites for hydroxylation is 2. The van der Waals surface area contributed by atoms with E-state index < -0.39 is 0 Å². The molecule has 0 spiro atoms. The number of nitrogens with zero attached hydrogens (tertiary/aromatic N) is 5. The van der Waals surface area contributed by atoms with Crippen LogP contribution in [0.25, 0.3) is 11.3 Å². The molecule has 0 aliphatic carbocycles. The third kappa shape index (κ3) is 4.73. The quantitative estimate of drug-likeness (QED) is 0.468. The Balaban J connectivity index is 1.21. The van der Waals surface area contributed by atoms with E-state index in [1.807, 2.05) is 12.3 Å². The Morgan fingerprint density at radius 2 is 1.72 bits per heavy atom. The van der Waals surface area contributed by atoms with Crippen molar-refractivity contribution in [1.29, 1.82) is 0 Å². The van der Waals surface area contributed by atoms with Gasteiger partial charge < -0.3 is 9.80 Å². The molecule has 0 N–H and O–H groups in total. The lowest BCUT2D eigenvalue weighted by molar-refractivity contribution is 0.326. The summed E-state index contributed by atoms with van der Waals surface area (Å²) in [6.45, 7) is 9.11. The molecule has 0 atom stereocenters. The van der Waals surface area contributed by atoms with Gasteiger partial charge in [0.15, 0.2) is 0 Å². The van der Waals surface area contributed by atoms with Crippen LogP contribution in [0.5, 0.6) is 0 Å². The van der Waals surface area contributed by atoms with Crippen LogP contribution in [0.3, 0.4) is 0 Å². The third-order valence-electron chi connectivity index (χ3n) is 7.06. The summed E-state index contributed by atoms with van der Waals surface area (Å²) in [5.74, 6) is 0. The van der Waals surface area contributed by atoms with E-state index in [4.69, 9.17) is 5.10 Å².